The van der Waals surface area contributed by atoms with Crippen molar-refractivity contribution < 1.29 is 14.3 Å². The Balaban J connectivity index is 1.46. The fourth-order valence-corrected chi connectivity index (χ4v) is 3.84. The molecule has 1 aromatic heterocycles. The van der Waals surface area contributed by atoms with Gasteiger partial charge < -0.3 is 15.0 Å². The van der Waals surface area contributed by atoms with Gasteiger partial charge in [0.05, 0.1) is 13.1 Å². The molecule has 2 fully saturated rings. The van der Waals surface area contributed by atoms with Gasteiger partial charge in [-0.3, -0.25) is 14.3 Å². The molecule has 0 saturated carbocycles. The van der Waals surface area contributed by atoms with Crippen molar-refractivity contribution in [1.29, 1.82) is 0 Å². The molecule has 1 aromatic rings. The Labute approximate surface area is 148 Å². The number of carbonyl (C=O) groups excluding carboxylic acids is 2. The van der Waals surface area contributed by atoms with Gasteiger partial charge in [0.2, 0.25) is 5.91 Å². The first-order valence-electron chi connectivity index (χ1n) is 9.09. The highest BCUT2D eigenvalue weighted by Gasteiger charge is 2.53. The fraction of sp³-hybridized carbons (Fsp3) is 0.722. The van der Waals surface area contributed by atoms with Crippen LogP contribution in [0.25, 0.3) is 0 Å². The average molecular weight is 348 g/mol. The van der Waals surface area contributed by atoms with E-state index in [2.05, 4.69) is 24.3 Å². The third kappa shape index (κ3) is 3.71. The molecule has 1 spiro atoms. The van der Waals surface area contributed by atoms with E-state index in [1.807, 2.05) is 4.90 Å². The Bertz CT molecular complexity index is 634. The van der Waals surface area contributed by atoms with E-state index in [1.165, 1.54) is 0 Å². The largest absolute Gasteiger partial charge is 0.371 e. The van der Waals surface area contributed by atoms with E-state index in [0.717, 1.165) is 19.4 Å². The molecule has 1 N–H and O–H groups in total. The molecular formula is C18H28N4O3. The highest BCUT2D eigenvalue weighted by atomic mass is 16.5. The number of aromatic nitrogens is 2. The second-order valence-corrected chi connectivity index (χ2v) is 7.63. The summed E-state index contributed by atoms with van der Waals surface area (Å²) in [7, 11) is 1.76. The summed E-state index contributed by atoms with van der Waals surface area (Å²) >= 11 is 0. The predicted molar refractivity (Wildman–Crippen MR) is 93.0 cm³/mol. The summed E-state index contributed by atoms with van der Waals surface area (Å²) in [6, 6.07) is 1.71. The van der Waals surface area contributed by atoms with Gasteiger partial charge >= 0.3 is 0 Å². The second kappa shape index (κ2) is 7.15. The topological polar surface area (TPSA) is 76.5 Å². The number of likely N-dealkylation sites (tertiary alicyclic amines) is 1. The van der Waals surface area contributed by atoms with Crippen LogP contribution < -0.4 is 5.32 Å². The maximum absolute atomic E-state index is 12.2. The van der Waals surface area contributed by atoms with Gasteiger partial charge in [-0.2, -0.15) is 5.10 Å². The number of carbonyl (C=O) groups is 2. The van der Waals surface area contributed by atoms with Crippen LogP contribution in [-0.2, 0) is 16.6 Å². The van der Waals surface area contributed by atoms with E-state index >= 15 is 0 Å². The summed E-state index contributed by atoms with van der Waals surface area (Å²) in [6.07, 6.45) is 4.08. The molecule has 0 bridgehead atoms. The predicted octanol–water partition coefficient (Wildman–Crippen LogP) is 1.20. The Morgan fingerprint density at radius 1 is 1.44 bits per heavy atom. The monoisotopic (exact) mass is 348 g/mol. The zero-order chi connectivity index (χ0) is 18.0. The summed E-state index contributed by atoms with van der Waals surface area (Å²) in [6.45, 7) is 6.87. The molecule has 1 atom stereocenters. The van der Waals surface area contributed by atoms with Crippen molar-refractivity contribution in [3.63, 3.8) is 0 Å². The minimum absolute atomic E-state index is 0.102. The molecule has 2 amide bonds. The smallest absolute Gasteiger partial charge is 0.269 e. The van der Waals surface area contributed by atoms with Crippen LogP contribution in [0.1, 0.15) is 43.6 Å². The number of amides is 2. The van der Waals surface area contributed by atoms with Crippen LogP contribution >= 0.6 is 0 Å². The van der Waals surface area contributed by atoms with Gasteiger partial charge in [0.25, 0.3) is 5.91 Å². The van der Waals surface area contributed by atoms with Crippen molar-refractivity contribution in [2.75, 3.05) is 26.2 Å². The van der Waals surface area contributed by atoms with E-state index in [1.54, 1.807) is 24.0 Å². The first-order chi connectivity index (χ1) is 11.9. The lowest BCUT2D eigenvalue weighted by molar-refractivity contribution is -0.166. The van der Waals surface area contributed by atoms with Crippen molar-refractivity contribution >= 4 is 11.8 Å². The third-order valence-electron chi connectivity index (χ3n) is 5.28. The van der Waals surface area contributed by atoms with Gasteiger partial charge in [-0.05, 0) is 30.7 Å². The molecule has 0 radical (unpaired) electrons. The fourth-order valence-electron chi connectivity index (χ4n) is 3.84. The van der Waals surface area contributed by atoms with E-state index in [9.17, 15) is 9.59 Å². The summed E-state index contributed by atoms with van der Waals surface area (Å²) in [5.74, 6) is 0.892. The number of nitrogens with zero attached hydrogens (tertiary/aromatic N) is 3. The number of rotatable bonds is 6. The standard InChI is InChI=1S/C18H28N4O3/c1-13(2)10-16(23)22-11-18(12-22)14(6-9-25-18)4-7-19-17(24)15-5-8-20-21(15)3/h5,8,13-14H,4,6-7,9-12H2,1-3H3,(H,19,24)/t14-/m1/s1. The van der Waals surface area contributed by atoms with Crippen LogP contribution in [0, 0.1) is 11.8 Å². The summed E-state index contributed by atoms with van der Waals surface area (Å²) in [5, 5.41) is 6.98. The number of nitrogens with one attached hydrogen (secondary N) is 1. The zero-order valence-corrected chi connectivity index (χ0v) is 15.3. The summed E-state index contributed by atoms with van der Waals surface area (Å²) in [5.41, 5.74) is 0.371. The second-order valence-electron chi connectivity index (χ2n) is 7.63. The molecule has 0 aliphatic carbocycles. The van der Waals surface area contributed by atoms with Crippen molar-refractivity contribution in [2.45, 2.75) is 38.7 Å². The highest BCUT2D eigenvalue weighted by Crippen LogP contribution is 2.41. The maximum Gasteiger partial charge on any atom is 0.269 e. The quantitative estimate of drug-likeness (QED) is 0.838. The van der Waals surface area contributed by atoms with Crippen molar-refractivity contribution in [3.05, 3.63) is 18.0 Å². The van der Waals surface area contributed by atoms with Crippen LogP contribution in [0.3, 0.4) is 0 Å². The van der Waals surface area contributed by atoms with Crippen LogP contribution in [-0.4, -0.2) is 58.3 Å². The van der Waals surface area contributed by atoms with Gasteiger partial charge in [0.1, 0.15) is 11.3 Å². The molecule has 25 heavy (non-hydrogen) atoms. The average Bonchev–Trinajstić information content (AvgIpc) is 3.11. The summed E-state index contributed by atoms with van der Waals surface area (Å²) < 4.78 is 7.57. The lowest BCUT2D eigenvalue weighted by Crippen LogP contribution is -2.66. The van der Waals surface area contributed by atoms with Crippen LogP contribution in [0.5, 0.6) is 0 Å². The van der Waals surface area contributed by atoms with Crippen molar-refractivity contribution in [3.8, 4) is 0 Å². The normalized spacial score (nSPS) is 21.6. The maximum atomic E-state index is 12.2. The Morgan fingerprint density at radius 3 is 2.84 bits per heavy atom. The molecule has 7 heteroatoms. The molecule has 2 aliphatic rings. The minimum atomic E-state index is -0.191. The van der Waals surface area contributed by atoms with Crippen LogP contribution in [0.15, 0.2) is 12.3 Å². The first kappa shape index (κ1) is 17.9. The first-order valence-corrected chi connectivity index (χ1v) is 9.09. The lowest BCUT2D eigenvalue weighted by Gasteiger charge is -2.50. The van der Waals surface area contributed by atoms with Gasteiger partial charge in [-0.1, -0.05) is 13.8 Å². The van der Waals surface area contributed by atoms with Gasteiger partial charge in [-0.25, -0.2) is 0 Å². The molecule has 7 nitrogen and oxygen atoms in total. The zero-order valence-electron chi connectivity index (χ0n) is 15.3. The number of ether oxygens (including phenoxy) is 1. The van der Waals surface area contributed by atoms with Gasteiger partial charge in [0.15, 0.2) is 0 Å². The van der Waals surface area contributed by atoms with Crippen molar-refractivity contribution in [1.82, 2.24) is 20.0 Å². The molecule has 3 rings (SSSR count). The molecule has 2 aliphatic heterocycles. The SMILES string of the molecule is CC(C)CC(=O)N1CC2(C1)OCC[C@H]2CCNC(=O)c1ccnn1C. The lowest BCUT2D eigenvalue weighted by atomic mass is 9.78. The Hall–Kier alpha value is -1.89. The number of hydrogen-bond acceptors (Lipinski definition) is 4. The van der Waals surface area contributed by atoms with E-state index in [0.29, 0.717) is 43.6 Å². The highest BCUT2D eigenvalue weighted by molar-refractivity contribution is 5.92. The van der Waals surface area contributed by atoms with Crippen LogP contribution in [0.2, 0.25) is 0 Å². The number of aryl methyl sites for hydroxylation is 1. The Morgan fingerprint density at radius 2 is 2.20 bits per heavy atom. The molecular weight excluding hydrogens is 320 g/mol. The molecule has 0 aromatic carbocycles. The third-order valence-corrected chi connectivity index (χ3v) is 5.28. The number of hydrogen-bond donors (Lipinski definition) is 1. The molecule has 138 valence electrons. The van der Waals surface area contributed by atoms with E-state index in [4.69, 9.17) is 4.74 Å². The molecule has 0 unspecified atom stereocenters. The summed E-state index contributed by atoms with van der Waals surface area (Å²) in [4.78, 5) is 26.2. The minimum Gasteiger partial charge on any atom is -0.371 e. The van der Waals surface area contributed by atoms with E-state index < -0.39 is 0 Å². The van der Waals surface area contributed by atoms with Crippen molar-refractivity contribution in [2.24, 2.45) is 18.9 Å². The Kier molecular flexibility index (Phi) is 5.13. The van der Waals surface area contributed by atoms with Gasteiger partial charge in [0, 0.05) is 32.8 Å². The molecule has 3 heterocycles. The van der Waals surface area contributed by atoms with E-state index in [-0.39, 0.29) is 17.4 Å². The van der Waals surface area contributed by atoms with Gasteiger partial charge in [-0.15, -0.1) is 0 Å². The van der Waals surface area contributed by atoms with Crippen LogP contribution in [0.4, 0.5) is 0 Å². The molecule has 2 saturated heterocycles.